The lowest BCUT2D eigenvalue weighted by Crippen LogP contribution is -2.33. The molecular formula is C24H19FN2O2. The number of amides is 2. The number of hydrogen-bond acceptors (Lipinski definition) is 3. The summed E-state index contributed by atoms with van der Waals surface area (Å²) in [4.78, 5) is 27.8. The van der Waals surface area contributed by atoms with E-state index in [-0.39, 0.29) is 11.3 Å². The summed E-state index contributed by atoms with van der Waals surface area (Å²) in [6.07, 6.45) is 0. The van der Waals surface area contributed by atoms with Gasteiger partial charge >= 0.3 is 0 Å². The number of hydrogen-bond donors (Lipinski definition) is 1. The van der Waals surface area contributed by atoms with E-state index in [9.17, 15) is 14.0 Å². The summed E-state index contributed by atoms with van der Waals surface area (Å²) < 4.78 is 13.4. The van der Waals surface area contributed by atoms with Gasteiger partial charge < -0.3 is 5.32 Å². The topological polar surface area (TPSA) is 49.4 Å². The molecule has 0 fully saturated rings. The number of carbonyl (C=O) groups is 2. The van der Waals surface area contributed by atoms with Gasteiger partial charge in [0.05, 0.1) is 11.3 Å². The molecule has 1 heterocycles. The summed E-state index contributed by atoms with van der Waals surface area (Å²) in [6, 6.07) is 20.3. The van der Waals surface area contributed by atoms with Crippen molar-refractivity contribution >= 4 is 28.8 Å². The van der Waals surface area contributed by atoms with Crippen LogP contribution in [0, 0.1) is 19.7 Å². The largest absolute Gasteiger partial charge is 0.350 e. The number of halogens is 1. The number of nitrogens with zero attached hydrogens (tertiary/aromatic N) is 1. The Morgan fingerprint density at radius 3 is 2.10 bits per heavy atom. The molecule has 0 atom stereocenters. The normalized spacial score (nSPS) is 14.0. The maximum atomic E-state index is 13.4. The molecule has 0 spiro atoms. The van der Waals surface area contributed by atoms with Crippen molar-refractivity contribution in [3.05, 3.63) is 101 Å². The number of aryl methyl sites for hydroxylation is 2. The van der Waals surface area contributed by atoms with Crippen LogP contribution in [0.15, 0.2) is 78.5 Å². The molecule has 2 amide bonds. The minimum atomic E-state index is -0.441. The Hall–Kier alpha value is -3.73. The Morgan fingerprint density at radius 2 is 1.45 bits per heavy atom. The van der Waals surface area contributed by atoms with E-state index >= 15 is 0 Å². The van der Waals surface area contributed by atoms with Crippen molar-refractivity contribution in [3.8, 4) is 0 Å². The summed E-state index contributed by atoms with van der Waals surface area (Å²) in [5, 5.41) is 3.10. The van der Waals surface area contributed by atoms with E-state index < -0.39 is 17.6 Å². The van der Waals surface area contributed by atoms with Gasteiger partial charge in [-0.15, -0.1) is 0 Å². The molecular weight excluding hydrogens is 367 g/mol. The molecule has 3 aromatic rings. The summed E-state index contributed by atoms with van der Waals surface area (Å²) in [5.74, 6) is -1.29. The molecule has 5 heteroatoms. The van der Waals surface area contributed by atoms with Gasteiger partial charge in [-0.25, -0.2) is 9.29 Å². The number of rotatable bonds is 4. The average molecular weight is 386 g/mol. The highest BCUT2D eigenvalue weighted by atomic mass is 19.1. The van der Waals surface area contributed by atoms with Gasteiger partial charge in [0.25, 0.3) is 11.8 Å². The van der Waals surface area contributed by atoms with Crippen LogP contribution in [0.3, 0.4) is 0 Å². The molecule has 0 saturated carbocycles. The zero-order valence-electron chi connectivity index (χ0n) is 16.1. The Labute approximate surface area is 168 Å². The number of nitrogens with one attached hydrogen (secondary N) is 1. The van der Waals surface area contributed by atoms with Crippen molar-refractivity contribution in [2.24, 2.45) is 0 Å². The minimum absolute atomic E-state index is 0.175. The lowest BCUT2D eigenvalue weighted by molar-refractivity contribution is -0.120. The lowest BCUT2D eigenvalue weighted by Gasteiger charge is -2.17. The highest BCUT2D eigenvalue weighted by molar-refractivity contribution is 6.46. The van der Waals surface area contributed by atoms with Crippen molar-refractivity contribution in [1.82, 2.24) is 0 Å². The van der Waals surface area contributed by atoms with E-state index in [0.29, 0.717) is 16.9 Å². The van der Waals surface area contributed by atoms with Crippen LogP contribution in [0.25, 0.3) is 5.57 Å². The number of imide groups is 1. The molecule has 0 aromatic heterocycles. The number of carbonyl (C=O) groups excluding carboxylic acids is 2. The van der Waals surface area contributed by atoms with Gasteiger partial charge in [-0.1, -0.05) is 48.0 Å². The van der Waals surface area contributed by atoms with Gasteiger partial charge in [-0.2, -0.15) is 0 Å². The maximum absolute atomic E-state index is 13.4. The molecule has 3 aromatic carbocycles. The lowest BCUT2D eigenvalue weighted by atomic mass is 10.0. The summed E-state index contributed by atoms with van der Waals surface area (Å²) >= 11 is 0. The van der Waals surface area contributed by atoms with Crippen LogP contribution in [0.5, 0.6) is 0 Å². The summed E-state index contributed by atoms with van der Waals surface area (Å²) in [7, 11) is 0. The van der Waals surface area contributed by atoms with Crippen LogP contribution in [0.2, 0.25) is 0 Å². The molecule has 1 aliphatic heterocycles. The Balaban J connectivity index is 1.83. The first-order valence-electron chi connectivity index (χ1n) is 9.24. The zero-order chi connectivity index (χ0) is 20.5. The van der Waals surface area contributed by atoms with Crippen LogP contribution < -0.4 is 10.2 Å². The minimum Gasteiger partial charge on any atom is -0.350 e. The van der Waals surface area contributed by atoms with E-state index in [1.54, 1.807) is 12.1 Å². The number of para-hydroxylation sites is 1. The van der Waals surface area contributed by atoms with Crippen molar-refractivity contribution in [3.63, 3.8) is 0 Å². The monoisotopic (exact) mass is 386 g/mol. The first-order valence-corrected chi connectivity index (χ1v) is 9.24. The fourth-order valence-corrected chi connectivity index (χ4v) is 3.34. The quantitative estimate of drug-likeness (QED) is 0.653. The Kier molecular flexibility index (Phi) is 4.72. The molecule has 1 aliphatic rings. The van der Waals surface area contributed by atoms with E-state index in [1.165, 1.54) is 29.2 Å². The van der Waals surface area contributed by atoms with Gasteiger partial charge in [0, 0.05) is 5.69 Å². The standard InChI is InChI=1S/C24H19FN2O2/c1-15-7-13-19(14-8-15)26-22-21(17-9-11-18(25)12-10-17)23(28)27(24(22)29)20-6-4-3-5-16(20)2/h3-14,26H,1-2H3. The van der Waals surface area contributed by atoms with Crippen molar-refractivity contribution in [2.75, 3.05) is 10.2 Å². The molecule has 0 bridgehead atoms. The van der Waals surface area contributed by atoms with Crippen LogP contribution in [0.4, 0.5) is 15.8 Å². The highest BCUT2D eigenvalue weighted by Crippen LogP contribution is 2.35. The van der Waals surface area contributed by atoms with Crippen molar-refractivity contribution in [1.29, 1.82) is 0 Å². The SMILES string of the molecule is Cc1ccc(NC2=C(c3ccc(F)cc3)C(=O)N(c3ccccc3C)C2=O)cc1. The second kappa shape index (κ2) is 7.36. The third kappa shape index (κ3) is 3.43. The third-order valence-corrected chi connectivity index (χ3v) is 4.89. The van der Waals surface area contributed by atoms with E-state index in [0.717, 1.165) is 11.1 Å². The highest BCUT2D eigenvalue weighted by Gasteiger charge is 2.40. The Bertz CT molecular complexity index is 1130. The van der Waals surface area contributed by atoms with Gasteiger partial charge in [0.1, 0.15) is 11.5 Å². The molecule has 0 radical (unpaired) electrons. The second-order valence-electron chi connectivity index (χ2n) is 6.98. The number of benzene rings is 3. The predicted molar refractivity (Wildman–Crippen MR) is 112 cm³/mol. The molecule has 1 N–H and O–H groups in total. The van der Waals surface area contributed by atoms with Crippen LogP contribution in [-0.4, -0.2) is 11.8 Å². The van der Waals surface area contributed by atoms with E-state index in [2.05, 4.69) is 5.32 Å². The first kappa shape index (κ1) is 18.6. The van der Waals surface area contributed by atoms with E-state index in [4.69, 9.17) is 0 Å². The Morgan fingerprint density at radius 1 is 0.793 bits per heavy atom. The fourth-order valence-electron chi connectivity index (χ4n) is 3.34. The molecule has 4 nitrogen and oxygen atoms in total. The van der Waals surface area contributed by atoms with Crippen molar-refractivity contribution < 1.29 is 14.0 Å². The zero-order valence-corrected chi connectivity index (χ0v) is 16.1. The molecule has 29 heavy (non-hydrogen) atoms. The molecule has 4 rings (SSSR count). The smallest absolute Gasteiger partial charge is 0.282 e. The molecule has 0 aliphatic carbocycles. The molecule has 0 unspecified atom stereocenters. The second-order valence-corrected chi connectivity index (χ2v) is 6.98. The average Bonchev–Trinajstić information content (AvgIpc) is 2.95. The predicted octanol–water partition coefficient (Wildman–Crippen LogP) is 4.84. The third-order valence-electron chi connectivity index (χ3n) is 4.89. The maximum Gasteiger partial charge on any atom is 0.282 e. The van der Waals surface area contributed by atoms with Crippen LogP contribution >= 0.6 is 0 Å². The first-order chi connectivity index (χ1) is 14.0. The summed E-state index contributed by atoms with van der Waals surface area (Å²) in [6.45, 7) is 3.82. The fraction of sp³-hybridized carbons (Fsp3) is 0.0833. The van der Waals surface area contributed by atoms with Gasteiger partial charge in [0.15, 0.2) is 0 Å². The van der Waals surface area contributed by atoms with Gasteiger partial charge in [-0.05, 0) is 55.3 Å². The van der Waals surface area contributed by atoms with Crippen LogP contribution in [0.1, 0.15) is 16.7 Å². The van der Waals surface area contributed by atoms with Crippen LogP contribution in [-0.2, 0) is 9.59 Å². The molecule has 0 saturated heterocycles. The van der Waals surface area contributed by atoms with E-state index in [1.807, 2.05) is 50.2 Å². The van der Waals surface area contributed by atoms with Crippen molar-refractivity contribution in [2.45, 2.75) is 13.8 Å². The number of anilines is 2. The van der Waals surface area contributed by atoms with Gasteiger partial charge in [-0.3, -0.25) is 9.59 Å². The molecule has 144 valence electrons. The summed E-state index contributed by atoms with van der Waals surface area (Å²) in [5.41, 5.74) is 3.99. The van der Waals surface area contributed by atoms with Gasteiger partial charge in [0.2, 0.25) is 0 Å².